The van der Waals surface area contributed by atoms with Crippen LogP contribution in [0.25, 0.3) is 0 Å². The number of amides is 2. The van der Waals surface area contributed by atoms with E-state index in [2.05, 4.69) is 16.0 Å². The van der Waals surface area contributed by atoms with Crippen LogP contribution in [-0.2, 0) is 30.7 Å². The first kappa shape index (κ1) is 35.1. The van der Waals surface area contributed by atoms with Crippen molar-refractivity contribution in [2.45, 2.75) is 100 Å². The highest BCUT2D eigenvalue weighted by molar-refractivity contribution is 7.89. The summed E-state index contributed by atoms with van der Waals surface area (Å²) in [5, 5.41) is 9.74. The molecule has 13 heteroatoms. The first-order valence-corrected chi connectivity index (χ1v) is 19.2. The van der Waals surface area contributed by atoms with E-state index >= 15 is 4.39 Å². The van der Waals surface area contributed by atoms with Crippen LogP contribution >= 0.6 is 11.6 Å². The van der Waals surface area contributed by atoms with Crippen molar-refractivity contribution in [3.05, 3.63) is 64.4 Å². The molecule has 2 aliphatic heterocycles. The van der Waals surface area contributed by atoms with Crippen molar-refractivity contribution in [3.8, 4) is 0 Å². The minimum Gasteiger partial charge on any atom is -0.453 e. The molecule has 2 aromatic rings. The Morgan fingerprint density at radius 3 is 2.44 bits per heavy atom. The van der Waals surface area contributed by atoms with Crippen molar-refractivity contribution < 1.29 is 31.9 Å². The van der Waals surface area contributed by atoms with Gasteiger partial charge in [-0.1, -0.05) is 29.8 Å². The molecule has 4 aliphatic rings. The van der Waals surface area contributed by atoms with Crippen molar-refractivity contribution in [2.75, 3.05) is 31.3 Å². The van der Waals surface area contributed by atoms with Gasteiger partial charge in [0.25, 0.3) is 0 Å². The third kappa shape index (κ3) is 8.50. The Labute approximate surface area is 287 Å². The molecule has 2 aliphatic carbocycles. The number of rotatable bonds is 11. The topological polar surface area (TPSA) is 126 Å². The molecule has 3 N–H and O–H groups in total. The van der Waals surface area contributed by atoms with Gasteiger partial charge >= 0.3 is 6.09 Å². The van der Waals surface area contributed by atoms with Crippen LogP contribution in [0.3, 0.4) is 0 Å². The lowest BCUT2D eigenvalue weighted by molar-refractivity contribution is -0.119. The summed E-state index contributed by atoms with van der Waals surface area (Å²) in [4.78, 5) is 27.0. The van der Waals surface area contributed by atoms with Gasteiger partial charge in [0, 0.05) is 47.4 Å². The maximum Gasteiger partial charge on any atom is 0.407 e. The fraction of sp³-hybridized carbons (Fsp3) is 0.600. The molecule has 0 radical (unpaired) electrons. The van der Waals surface area contributed by atoms with Crippen LogP contribution in [0.1, 0.15) is 74.8 Å². The summed E-state index contributed by atoms with van der Waals surface area (Å²) in [7, 11) is -2.15. The summed E-state index contributed by atoms with van der Waals surface area (Å²) in [6, 6.07) is 10.6. The second-order valence-electron chi connectivity index (χ2n) is 13.6. The number of nitrogens with one attached hydrogen (secondary N) is 3. The Hall–Kier alpha value is -2.77. The number of carbonyl (C=O) groups excluding carboxylic acids is 2. The number of methoxy groups -OCH3 is 1. The minimum absolute atomic E-state index is 0.0447. The van der Waals surface area contributed by atoms with E-state index in [1.807, 2.05) is 12.1 Å². The van der Waals surface area contributed by atoms with Gasteiger partial charge in [-0.25, -0.2) is 17.6 Å². The first-order chi connectivity index (χ1) is 23.1. The molecule has 2 heterocycles. The standard InChI is InChI=1S/C35H46ClFN4O6S/c1-46-35(43)40-33(32(22-7-11-24(36)12-8-22)23-9-14-27(15-10-23)47-28-16-17-28)34(42)39-31-6-2-5-30(37)29(31)18-13-26-20-38-25-4-3-19-48(44,45)41(26)21-25/h2,5-8,11-12,23,25-28,32-33,38H,3-4,9-10,13-21H2,1H3,(H,39,42)(H,40,43)/t23-,25-,26+,27-,32+,33+/m1/s1. The molecule has 1 unspecified atom stereocenters. The number of hydrogen-bond acceptors (Lipinski definition) is 7. The van der Waals surface area contributed by atoms with Crippen molar-refractivity contribution >= 4 is 39.3 Å². The molecule has 0 aromatic heterocycles. The van der Waals surface area contributed by atoms with E-state index in [9.17, 15) is 18.0 Å². The second-order valence-corrected chi connectivity index (χ2v) is 16.1. The average molecular weight is 705 g/mol. The number of hydrogen-bond donors (Lipinski definition) is 3. The zero-order valence-corrected chi connectivity index (χ0v) is 28.9. The van der Waals surface area contributed by atoms with Gasteiger partial charge in [-0.2, -0.15) is 4.31 Å². The molecule has 4 fully saturated rings. The smallest absolute Gasteiger partial charge is 0.407 e. The maximum atomic E-state index is 15.5. The van der Waals surface area contributed by atoms with Crippen molar-refractivity contribution in [2.24, 2.45) is 5.92 Å². The summed E-state index contributed by atoms with van der Waals surface area (Å²) in [6.07, 6.45) is 7.34. The highest BCUT2D eigenvalue weighted by atomic mass is 35.5. The highest BCUT2D eigenvalue weighted by Gasteiger charge is 2.41. The summed E-state index contributed by atoms with van der Waals surface area (Å²) in [5.74, 6) is -1.26. The second kappa shape index (κ2) is 15.4. The van der Waals surface area contributed by atoms with Crippen LogP contribution in [0, 0.1) is 11.7 Å². The van der Waals surface area contributed by atoms with E-state index in [1.54, 1.807) is 22.5 Å². The van der Waals surface area contributed by atoms with E-state index in [0.29, 0.717) is 37.1 Å². The number of fused-ring (bicyclic) bond motifs is 2. The third-order valence-electron chi connectivity index (χ3n) is 10.4. The number of halogens is 2. The van der Waals surface area contributed by atoms with E-state index < -0.39 is 39.8 Å². The molecule has 2 saturated carbocycles. The van der Waals surface area contributed by atoms with Crippen LogP contribution in [0.15, 0.2) is 42.5 Å². The van der Waals surface area contributed by atoms with Gasteiger partial charge in [-0.15, -0.1) is 0 Å². The molecule has 2 amide bonds. The van der Waals surface area contributed by atoms with E-state index in [4.69, 9.17) is 21.1 Å². The lowest BCUT2D eigenvalue weighted by atomic mass is 9.72. The van der Waals surface area contributed by atoms with Gasteiger partial charge in [0.1, 0.15) is 11.9 Å². The molecular formula is C35H46ClFN4O6S. The number of ether oxygens (including phenoxy) is 2. The predicted octanol–water partition coefficient (Wildman–Crippen LogP) is 5.36. The summed E-state index contributed by atoms with van der Waals surface area (Å²) < 4.78 is 54.2. The molecule has 6 rings (SSSR count). The SMILES string of the molecule is COC(=O)N[C@H](C(=O)Nc1cccc(F)c1CC[C@H]1CN[C@@H]2CCCS(=O)(=O)N1C2)[C@@H](c1ccc(Cl)cc1)[C@H]1CC[C@H](OC2CC2)CC1. The van der Waals surface area contributed by atoms with E-state index in [-0.39, 0.29) is 47.5 Å². The van der Waals surface area contributed by atoms with Crippen molar-refractivity contribution in [1.29, 1.82) is 0 Å². The summed E-state index contributed by atoms with van der Waals surface area (Å²) in [5.41, 5.74) is 1.43. The van der Waals surface area contributed by atoms with Gasteiger partial charge in [-0.05, 0) is 100.0 Å². The molecule has 2 aromatic carbocycles. The molecule has 5 atom stereocenters. The Morgan fingerprint density at radius 2 is 1.75 bits per heavy atom. The monoisotopic (exact) mass is 704 g/mol. The van der Waals surface area contributed by atoms with Crippen LogP contribution in [0.5, 0.6) is 0 Å². The number of carbonyl (C=O) groups is 2. The number of sulfonamides is 1. The molecule has 48 heavy (non-hydrogen) atoms. The predicted molar refractivity (Wildman–Crippen MR) is 182 cm³/mol. The van der Waals surface area contributed by atoms with Gasteiger partial charge < -0.3 is 25.4 Å². The van der Waals surface area contributed by atoms with Gasteiger partial charge in [0.2, 0.25) is 15.9 Å². The number of anilines is 1. The zero-order valence-electron chi connectivity index (χ0n) is 27.3. The largest absolute Gasteiger partial charge is 0.453 e. The Kier molecular flexibility index (Phi) is 11.3. The Bertz CT molecular complexity index is 1550. The lowest BCUT2D eigenvalue weighted by Gasteiger charge is -2.38. The number of piperazine rings is 1. The van der Waals surface area contributed by atoms with Gasteiger partial charge in [-0.3, -0.25) is 4.79 Å². The summed E-state index contributed by atoms with van der Waals surface area (Å²) >= 11 is 6.24. The van der Waals surface area contributed by atoms with Crippen LogP contribution in [-0.4, -0.2) is 81.0 Å². The molecule has 0 spiro atoms. The van der Waals surface area contributed by atoms with Gasteiger partial charge in [0.05, 0.1) is 25.1 Å². The van der Waals surface area contributed by atoms with Crippen molar-refractivity contribution in [1.82, 2.24) is 14.9 Å². The first-order valence-electron chi connectivity index (χ1n) is 17.2. The van der Waals surface area contributed by atoms with Crippen LogP contribution in [0.4, 0.5) is 14.9 Å². The van der Waals surface area contributed by atoms with E-state index in [1.165, 1.54) is 19.2 Å². The van der Waals surface area contributed by atoms with Crippen LogP contribution in [0.2, 0.25) is 5.02 Å². The molecule has 2 saturated heterocycles. The Balaban J connectivity index is 1.23. The molecule has 262 valence electrons. The molecule has 2 bridgehead atoms. The minimum atomic E-state index is -3.40. The molecular weight excluding hydrogens is 659 g/mol. The molecule has 10 nitrogen and oxygen atoms in total. The Morgan fingerprint density at radius 1 is 1.04 bits per heavy atom. The zero-order chi connectivity index (χ0) is 33.8. The van der Waals surface area contributed by atoms with Crippen molar-refractivity contribution in [3.63, 3.8) is 0 Å². The van der Waals surface area contributed by atoms with Crippen LogP contribution < -0.4 is 16.0 Å². The fourth-order valence-electron chi connectivity index (χ4n) is 7.68. The fourth-order valence-corrected chi connectivity index (χ4v) is 9.62. The maximum absolute atomic E-state index is 15.5. The average Bonchev–Trinajstić information content (AvgIpc) is 3.90. The summed E-state index contributed by atoms with van der Waals surface area (Å²) in [6.45, 7) is 0.900. The van der Waals surface area contributed by atoms with Gasteiger partial charge in [0.15, 0.2) is 0 Å². The number of alkyl carbamates (subject to hydrolysis) is 1. The normalized spacial score (nSPS) is 28.0. The number of nitrogens with zero attached hydrogens (tertiary/aromatic N) is 1. The highest BCUT2D eigenvalue weighted by Crippen LogP contribution is 2.41. The van der Waals surface area contributed by atoms with E-state index in [0.717, 1.165) is 50.5 Å². The number of benzene rings is 2. The quantitative estimate of drug-likeness (QED) is 0.288. The third-order valence-corrected chi connectivity index (χ3v) is 12.6. The lowest BCUT2D eigenvalue weighted by Crippen LogP contribution is -2.57.